The quantitative estimate of drug-likeness (QED) is 0.654. The molecule has 1 amide bonds. The zero-order valence-corrected chi connectivity index (χ0v) is 17.6. The number of benzene rings is 2. The number of rotatable bonds is 5. The molecular formula is C24H28N4O2. The monoisotopic (exact) mass is 404 g/mol. The second-order valence-electron chi connectivity index (χ2n) is 7.91. The molecule has 0 radical (unpaired) electrons. The minimum absolute atomic E-state index is 0.0971. The van der Waals surface area contributed by atoms with Gasteiger partial charge in [0, 0.05) is 26.1 Å². The van der Waals surface area contributed by atoms with Gasteiger partial charge in [-0.05, 0) is 37.0 Å². The van der Waals surface area contributed by atoms with E-state index in [0.29, 0.717) is 13.1 Å². The number of likely N-dealkylation sites (tertiary alicyclic amines) is 1. The zero-order chi connectivity index (χ0) is 21.1. The van der Waals surface area contributed by atoms with Gasteiger partial charge in [0.05, 0.1) is 11.6 Å². The minimum Gasteiger partial charge on any atom is -0.342 e. The molecule has 4 rings (SSSR count). The molecule has 1 unspecified atom stereocenters. The number of hydrogen-bond acceptors (Lipinski definition) is 3. The summed E-state index contributed by atoms with van der Waals surface area (Å²) in [4.78, 5) is 27.8. The number of nitrogens with zero attached hydrogens (tertiary/aromatic N) is 4. The highest BCUT2D eigenvalue weighted by Gasteiger charge is 2.31. The summed E-state index contributed by atoms with van der Waals surface area (Å²) in [6, 6.07) is 19.7. The molecule has 30 heavy (non-hydrogen) atoms. The van der Waals surface area contributed by atoms with Crippen molar-refractivity contribution in [1.82, 2.24) is 19.2 Å². The molecule has 0 spiro atoms. The molecule has 0 aliphatic carbocycles. The van der Waals surface area contributed by atoms with Crippen LogP contribution in [0.5, 0.6) is 0 Å². The summed E-state index contributed by atoms with van der Waals surface area (Å²) in [6.45, 7) is 3.44. The number of carbonyl (C=O) groups is 1. The van der Waals surface area contributed by atoms with E-state index < -0.39 is 0 Å². The maximum Gasteiger partial charge on any atom is 0.350 e. The van der Waals surface area contributed by atoms with Gasteiger partial charge >= 0.3 is 5.69 Å². The van der Waals surface area contributed by atoms with Crippen molar-refractivity contribution in [2.45, 2.75) is 38.0 Å². The normalized spacial score (nSPS) is 15.9. The van der Waals surface area contributed by atoms with Gasteiger partial charge in [-0.1, -0.05) is 55.5 Å². The molecule has 0 saturated carbocycles. The largest absolute Gasteiger partial charge is 0.350 e. The predicted molar refractivity (Wildman–Crippen MR) is 117 cm³/mol. The average Bonchev–Trinajstić information content (AvgIpc) is 3.10. The number of carbonyl (C=O) groups excluding carboxylic acids is 1. The lowest BCUT2D eigenvalue weighted by atomic mass is 9.91. The second-order valence-corrected chi connectivity index (χ2v) is 7.91. The number of amides is 1. The summed E-state index contributed by atoms with van der Waals surface area (Å²) in [5, 5.41) is 4.54. The smallest absolute Gasteiger partial charge is 0.342 e. The van der Waals surface area contributed by atoms with E-state index in [9.17, 15) is 9.59 Å². The van der Waals surface area contributed by atoms with E-state index >= 15 is 0 Å². The van der Waals surface area contributed by atoms with Gasteiger partial charge in [0.15, 0.2) is 0 Å². The van der Waals surface area contributed by atoms with Gasteiger partial charge in [-0.3, -0.25) is 4.79 Å². The summed E-state index contributed by atoms with van der Waals surface area (Å²) in [5.41, 5.74) is 1.78. The van der Waals surface area contributed by atoms with Crippen molar-refractivity contribution in [2.75, 3.05) is 13.1 Å². The molecular weight excluding hydrogens is 376 g/mol. The molecule has 6 heteroatoms. The number of piperidine rings is 1. The van der Waals surface area contributed by atoms with Crippen molar-refractivity contribution < 1.29 is 4.79 Å². The van der Waals surface area contributed by atoms with E-state index in [1.165, 1.54) is 4.68 Å². The Hall–Kier alpha value is -3.15. The number of aromatic nitrogens is 3. The summed E-state index contributed by atoms with van der Waals surface area (Å²) >= 11 is 0. The molecule has 2 heterocycles. The summed E-state index contributed by atoms with van der Waals surface area (Å²) in [6.07, 6.45) is 2.40. The third-order valence-electron chi connectivity index (χ3n) is 6.04. The van der Waals surface area contributed by atoms with E-state index in [0.717, 1.165) is 36.3 Å². The molecule has 156 valence electrons. The highest BCUT2D eigenvalue weighted by atomic mass is 16.2. The molecule has 1 saturated heterocycles. The molecule has 1 atom stereocenters. The second kappa shape index (κ2) is 8.69. The predicted octanol–water partition coefficient (Wildman–Crippen LogP) is 3.47. The molecule has 2 aromatic carbocycles. The zero-order valence-electron chi connectivity index (χ0n) is 17.6. The van der Waals surface area contributed by atoms with Crippen LogP contribution in [-0.2, 0) is 11.8 Å². The Labute approximate surface area is 176 Å². The van der Waals surface area contributed by atoms with Crippen LogP contribution in [0.2, 0.25) is 0 Å². The molecule has 3 aromatic rings. The van der Waals surface area contributed by atoms with Gasteiger partial charge in [0.25, 0.3) is 0 Å². The first-order valence-corrected chi connectivity index (χ1v) is 10.6. The van der Waals surface area contributed by atoms with Crippen LogP contribution in [0, 0.1) is 0 Å². The Balaban J connectivity index is 1.51. The van der Waals surface area contributed by atoms with Gasteiger partial charge in [0.2, 0.25) is 5.91 Å². The van der Waals surface area contributed by atoms with E-state index in [1.807, 2.05) is 65.6 Å². The molecule has 1 fully saturated rings. The lowest BCUT2D eigenvalue weighted by Crippen LogP contribution is -2.41. The van der Waals surface area contributed by atoms with Gasteiger partial charge < -0.3 is 4.90 Å². The average molecular weight is 405 g/mol. The van der Waals surface area contributed by atoms with E-state index in [1.54, 1.807) is 11.6 Å². The molecule has 1 aliphatic heterocycles. The van der Waals surface area contributed by atoms with Crippen LogP contribution in [0.25, 0.3) is 5.69 Å². The van der Waals surface area contributed by atoms with Crippen LogP contribution >= 0.6 is 0 Å². The maximum atomic E-state index is 13.2. The summed E-state index contributed by atoms with van der Waals surface area (Å²) in [7, 11) is 1.69. The lowest BCUT2D eigenvalue weighted by Gasteiger charge is -2.34. The highest BCUT2D eigenvalue weighted by Crippen LogP contribution is 2.30. The first-order valence-electron chi connectivity index (χ1n) is 10.6. The first kappa shape index (κ1) is 20.1. The Kier molecular flexibility index (Phi) is 5.84. The molecule has 6 nitrogen and oxygen atoms in total. The van der Waals surface area contributed by atoms with E-state index in [-0.39, 0.29) is 23.4 Å². The summed E-state index contributed by atoms with van der Waals surface area (Å²) < 4.78 is 3.11. The van der Waals surface area contributed by atoms with Gasteiger partial charge in [-0.2, -0.15) is 5.10 Å². The number of hydrogen-bond donors (Lipinski definition) is 0. The standard InChI is InChI=1S/C24H28N4O2/c1-3-21(18-10-6-4-7-11-18)23(29)27-16-14-19(15-17-27)22-25-26(2)24(30)28(22)20-12-8-5-9-13-20/h4-13,19,21H,3,14-17H2,1-2H3. The van der Waals surface area contributed by atoms with Crippen molar-refractivity contribution in [3.8, 4) is 5.69 Å². The third kappa shape index (κ3) is 3.82. The van der Waals surface area contributed by atoms with Crippen LogP contribution in [0.1, 0.15) is 49.4 Å². The topological polar surface area (TPSA) is 60.1 Å². The van der Waals surface area contributed by atoms with Crippen molar-refractivity contribution in [2.24, 2.45) is 7.05 Å². The highest BCUT2D eigenvalue weighted by molar-refractivity contribution is 5.83. The fraction of sp³-hybridized carbons (Fsp3) is 0.375. The van der Waals surface area contributed by atoms with Crippen molar-refractivity contribution >= 4 is 5.91 Å². The molecule has 0 bridgehead atoms. The fourth-order valence-corrected chi connectivity index (χ4v) is 4.38. The molecule has 1 aliphatic rings. The Morgan fingerprint density at radius 1 is 1.03 bits per heavy atom. The van der Waals surface area contributed by atoms with Crippen LogP contribution in [0.4, 0.5) is 0 Å². The third-order valence-corrected chi connectivity index (χ3v) is 6.04. The van der Waals surface area contributed by atoms with Crippen molar-refractivity contribution in [1.29, 1.82) is 0 Å². The van der Waals surface area contributed by atoms with Crippen LogP contribution < -0.4 is 5.69 Å². The molecule has 1 aromatic heterocycles. The SMILES string of the molecule is CCC(C(=O)N1CCC(c2nn(C)c(=O)n2-c2ccccc2)CC1)c1ccccc1. The lowest BCUT2D eigenvalue weighted by molar-refractivity contribution is -0.134. The van der Waals surface area contributed by atoms with Crippen molar-refractivity contribution in [3.63, 3.8) is 0 Å². The maximum absolute atomic E-state index is 13.2. The fourth-order valence-electron chi connectivity index (χ4n) is 4.38. The van der Waals surface area contributed by atoms with Gasteiger partial charge in [-0.25, -0.2) is 14.0 Å². The minimum atomic E-state index is -0.134. The van der Waals surface area contributed by atoms with Crippen LogP contribution in [0.15, 0.2) is 65.5 Å². The van der Waals surface area contributed by atoms with E-state index in [4.69, 9.17) is 0 Å². The van der Waals surface area contributed by atoms with E-state index in [2.05, 4.69) is 12.0 Å². The Morgan fingerprint density at radius 2 is 1.63 bits per heavy atom. The molecule has 0 N–H and O–H groups in total. The first-order chi connectivity index (χ1) is 14.6. The van der Waals surface area contributed by atoms with Crippen LogP contribution in [-0.4, -0.2) is 38.2 Å². The van der Waals surface area contributed by atoms with Gasteiger partial charge in [-0.15, -0.1) is 0 Å². The van der Waals surface area contributed by atoms with Crippen LogP contribution in [0.3, 0.4) is 0 Å². The Morgan fingerprint density at radius 3 is 2.23 bits per heavy atom. The number of para-hydroxylation sites is 1. The Bertz CT molecular complexity index is 1050. The van der Waals surface area contributed by atoms with Gasteiger partial charge in [0.1, 0.15) is 5.82 Å². The number of aryl methyl sites for hydroxylation is 1. The summed E-state index contributed by atoms with van der Waals surface area (Å²) in [5.74, 6) is 1.04. The van der Waals surface area contributed by atoms with Crippen molar-refractivity contribution in [3.05, 3.63) is 82.5 Å².